The number of sulfonamides is 1. The van der Waals surface area contributed by atoms with E-state index in [2.05, 4.69) is 31.0 Å². The maximum atomic E-state index is 11.9. The number of hydrogen-bond acceptors (Lipinski definition) is 4. The topological polar surface area (TPSA) is 88.2 Å². The van der Waals surface area contributed by atoms with Crippen molar-refractivity contribution in [3.63, 3.8) is 0 Å². The van der Waals surface area contributed by atoms with Crippen LogP contribution in [0.15, 0.2) is 22.9 Å². The highest BCUT2D eigenvalue weighted by atomic mass is 79.9. The molecule has 0 unspecified atom stereocenters. The third kappa shape index (κ3) is 6.13. The average molecular weight is 350 g/mol. The van der Waals surface area contributed by atoms with E-state index < -0.39 is 15.6 Å². The lowest BCUT2D eigenvalue weighted by atomic mass is 10.1. The lowest BCUT2D eigenvalue weighted by Crippen LogP contribution is -2.51. The molecule has 0 saturated carbocycles. The predicted octanol–water partition coefficient (Wildman–Crippen LogP) is 0.902. The number of halogens is 1. The molecule has 19 heavy (non-hydrogen) atoms. The van der Waals surface area contributed by atoms with Crippen molar-refractivity contribution in [3.8, 4) is 0 Å². The van der Waals surface area contributed by atoms with Gasteiger partial charge >= 0.3 is 0 Å². The van der Waals surface area contributed by atoms with E-state index in [1.165, 1.54) is 6.20 Å². The number of hydrogen-bond donors (Lipinski definition) is 2. The van der Waals surface area contributed by atoms with E-state index >= 15 is 0 Å². The Morgan fingerprint density at radius 3 is 2.58 bits per heavy atom. The number of carbonyl (C=O) groups is 1. The van der Waals surface area contributed by atoms with Gasteiger partial charge in [-0.2, -0.15) is 0 Å². The van der Waals surface area contributed by atoms with Gasteiger partial charge in [0.2, 0.25) is 10.0 Å². The van der Waals surface area contributed by atoms with Crippen LogP contribution >= 0.6 is 15.9 Å². The monoisotopic (exact) mass is 349 g/mol. The summed E-state index contributed by atoms with van der Waals surface area (Å²) in [6.45, 7) is 3.55. The maximum absolute atomic E-state index is 11.9. The van der Waals surface area contributed by atoms with Crippen molar-refractivity contribution in [2.75, 3.05) is 12.8 Å². The van der Waals surface area contributed by atoms with Gasteiger partial charge in [0.05, 0.1) is 11.8 Å². The van der Waals surface area contributed by atoms with Crippen molar-refractivity contribution in [2.45, 2.75) is 19.4 Å². The lowest BCUT2D eigenvalue weighted by molar-refractivity contribution is 0.0944. The standard InChI is InChI=1S/C11H16BrN3O3S/c1-11(2,15-19(3,17)18)7-14-10(16)8-4-9(12)6-13-5-8/h4-6,15H,7H2,1-3H3,(H,14,16). The molecule has 1 rings (SSSR count). The SMILES string of the molecule is CC(C)(CNC(=O)c1cncc(Br)c1)NS(C)(=O)=O. The second-order valence-corrected chi connectivity index (χ2v) is 7.50. The summed E-state index contributed by atoms with van der Waals surface area (Å²) in [5, 5.41) is 2.66. The van der Waals surface area contributed by atoms with Gasteiger partial charge < -0.3 is 5.32 Å². The van der Waals surface area contributed by atoms with Crippen LogP contribution in [0.2, 0.25) is 0 Å². The van der Waals surface area contributed by atoms with Gasteiger partial charge in [0, 0.05) is 29.0 Å². The number of rotatable bonds is 5. The van der Waals surface area contributed by atoms with E-state index in [0.717, 1.165) is 6.26 Å². The molecule has 0 saturated heterocycles. The van der Waals surface area contributed by atoms with Gasteiger partial charge in [-0.3, -0.25) is 9.78 Å². The Balaban J connectivity index is 2.64. The Morgan fingerprint density at radius 1 is 1.42 bits per heavy atom. The van der Waals surface area contributed by atoms with Crippen molar-refractivity contribution in [3.05, 3.63) is 28.5 Å². The molecule has 6 nitrogen and oxygen atoms in total. The molecule has 0 bridgehead atoms. The van der Waals surface area contributed by atoms with Crippen molar-refractivity contribution < 1.29 is 13.2 Å². The van der Waals surface area contributed by atoms with E-state index in [9.17, 15) is 13.2 Å². The molecule has 2 N–H and O–H groups in total. The molecule has 0 aliphatic heterocycles. The summed E-state index contributed by atoms with van der Waals surface area (Å²) in [5.41, 5.74) is -0.354. The maximum Gasteiger partial charge on any atom is 0.252 e. The highest BCUT2D eigenvalue weighted by molar-refractivity contribution is 9.10. The van der Waals surface area contributed by atoms with Crippen LogP contribution in [-0.4, -0.2) is 37.6 Å². The molecule has 0 aromatic carbocycles. The smallest absolute Gasteiger partial charge is 0.252 e. The number of nitrogens with zero attached hydrogens (tertiary/aromatic N) is 1. The first-order valence-corrected chi connectivity index (χ1v) is 8.15. The second-order valence-electron chi connectivity index (χ2n) is 4.83. The molecule has 0 fully saturated rings. The van der Waals surface area contributed by atoms with Gasteiger partial charge in [-0.05, 0) is 35.8 Å². The van der Waals surface area contributed by atoms with E-state index in [0.29, 0.717) is 10.0 Å². The van der Waals surface area contributed by atoms with Crippen molar-refractivity contribution in [1.29, 1.82) is 0 Å². The Bertz CT molecular complexity index is 572. The minimum Gasteiger partial charge on any atom is -0.350 e. The molecule has 0 radical (unpaired) electrons. The predicted molar refractivity (Wildman–Crippen MR) is 76.3 cm³/mol. The number of aromatic nitrogens is 1. The highest BCUT2D eigenvalue weighted by Crippen LogP contribution is 2.10. The Labute approximate surface area is 121 Å². The van der Waals surface area contributed by atoms with Gasteiger partial charge in [-0.15, -0.1) is 0 Å². The van der Waals surface area contributed by atoms with E-state index in [-0.39, 0.29) is 12.5 Å². The molecule has 1 aromatic rings. The quantitative estimate of drug-likeness (QED) is 0.826. The van der Waals surface area contributed by atoms with E-state index in [1.807, 2.05) is 0 Å². The molecule has 0 aliphatic rings. The Morgan fingerprint density at radius 2 is 2.05 bits per heavy atom. The molecule has 0 spiro atoms. The molecular formula is C11H16BrN3O3S. The molecule has 106 valence electrons. The summed E-state index contributed by atoms with van der Waals surface area (Å²) >= 11 is 3.23. The van der Waals surface area contributed by atoms with E-state index in [1.54, 1.807) is 26.1 Å². The van der Waals surface area contributed by atoms with Gasteiger partial charge in [0.25, 0.3) is 5.91 Å². The molecule has 0 atom stereocenters. The minimum atomic E-state index is -3.32. The second kappa shape index (κ2) is 5.98. The summed E-state index contributed by atoms with van der Waals surface area (Å²) in [7, 11) is -3.32. The largest absolute Gasteiger partial charge is 0.350 e. The van der Waals surface area contributed by atoms with Crippen molar-refractivity contribution >= 4 is 31.9 Å². The molecule has 1 amide bonds. The molecular weight excluding hydrogens is 334 g/mol. The third-order valence-electron chi connectivity index (χ3n) is 2.12. The Hall–Kier alpha value is -0.990. The zero-order chi connectivity index (χ0) is 14.7. The van der Waals surface area contributed by atoms with Crippen LogP contribution in [0.3, 0.4) is 0 Å². The van der Waals surface area contributed by atoms with Gasteiger partial charge in [0.15, 0.2) is 0 Å². The van der Waals surface area contributed by atoms with Gasteiger partial charge in [0.1, 0.15) is 0 Å². The first-order chi connectivity index (χ1) is 8.59. The van der Waals surface area contributed by atoms with Crippen molar-refractivity contribution in [1.82, 2.24) is 15.0 Å². The molecule has 1 heterocycles. The fraction of sp³-hybridized carbons (Fsp3) is 0.455. The highest BCUT2D eigenvalue weighted by Gasteiger charge is 2.23. The fourth-order valence-corrected chi connectivity index (χ4v) is 2.92. The summed E-state index contributed by atoms with van der Waals surface area (Å²) in [5.74, 6) is -0.308. The van der Waals surface area contributed by atoms with Crippen LogP contribution in [0, 0.1) is 0 Å². The summed E-state index contributed by atoms with van der Waals surface area (Å²) in [4.78, 5) is 15.7. The summed E-state index contributed by atoms with van der Waals surface area (Å²) in [6, 6.07) is 1.64. The third-order valence-corrected chi connectivity index (χ3v) is 3.48. The average Bonchev–Trinajstić information content (AvgIpc) is 2.22. The van der Waals surface area contributed by atoms with Crippen LogP contribution in [-0.2, 0) is 10.0 Å². The number of carbonyl (C=O) groups excluding carboxylic acids is 1. The first-order valence-electron chi connectivity index (χ1n) is 5.47. The fourth-order valence-electron chi connectivity index (χ4n) is 1.48. The minimum absolute atomic E-state index is 0.172. The van der Waals surface area contributed by atoms with Crippen molar-refractivity contribution in [2.24, 2.45) is 0 Å². The molecule has 8 heteroatoms. The lowest BCUT2D eigenvalue weighted by Gasteiger charge is -2.25. The van der Waals surface area contributed by atoms with Crippen LogP contribution in [0.25, 0.3) is 0 Å². The molecule has 0 aliphatic carbocycles. The van der Waals surface area contributed by atoms with E-state index in [4.69, 9.17) is 0 Å². The number of nitrogens with one attached hydrogen (secondary N) is 2. The summed E-state index contributed by atoms with van der Waals surface area (Å²) in [6.07, 6.45) is 4.10. The van der Waals surface area contributed by atoms with Crippen LogP contribution < -0.4 is 10.0 Å². The Kier molecular flexibility index (Phi) is 5.05. The first kappa shape index (κ1) is 16.1. The molecule has 1 aromatic heterocycles. The van der Waals surface area contributed by atoms with Gasteiger partial charge in [-0.25, -0.2) is 13.1 Å². The van der Waals surface area contributed by atoms with Crippen LogP contribution in [0.5, 0.6) is 0 Å². The number of amides is 1. The number of pyridine rings is 1. The summed E-state index contributed by atoms with van der Waals surface area (Å²) < 4.78 is 25.5. The zero-order valence-electron chi connectivity index (χ0n) is 10.9. The zero-order valence-corrected chi connectivity index (χ0v) is 13.3. The van der Waals surface area contributed by atoms with Crippen LogP contribution in [0.1, 0.15) is 24.2 Å². The van der Waals surface area contributed by atoms with Gasteiger partial charge in [-0.1, -0.05) is 0 Å². The van der Waals surface area contributed by atoms with Crippen LogP contribution in [0.4, 0.5) is 0 Å². The normalized spacial score (nSPS) is 12.2.